The fourth-order valence-electron chi connectivity index (χ4n) is 3.91. The molecule has 11 nitrogen and oxygen atoms in total. The minimum absolute atomic E-state index is 0.0795. The van der Waals surface area contributed by atoms with Crippen LogP contribution in [0, 0.1) is 13.8 Å². The van der Waals surface area contributed by atoms with Gasteiger partial charge in [0.2, 0.25) is 11.6 Å². The third kappa shape index (κ3) is 4.71. The van der Waals surface area contributed by atoms with Crippen LogP contribution in [-0.4, -0.2) is 58.8 Å². The zero-order valence-electron chi connectivity index (χ0n) is 20.0. The SMILES string of the molecule is CC(N)(Cc1ccc(O)c(O)c1)C(=O)O.Cc1cc(O)c2c(c1O)C(=O)c1c(O)cc(C)c(O)c1C2=O. The summed E-state index contributed by atoms with van der Waals surface area (Å²) in [5, 5.41) is 67.1. The van der Waals surface area contributed by atoms with Crippen molar-refractivity contribution >= 4 is 17.5 Å². The van der Waals surface area contributed by atoms with E-state index in [2.05, 4.69) is 0 Å². The maximum Gasteiger partial charge on any atom is 0.323 e. The number of benzene rings is 3. The summed E-state index contributed by atoms with van der Waals surface area (Å²) < 4.78 is 0. The van der Waals surface area contributed by atoms with Gasteiger partial charge in [0.25, 0.3) is 0 Å². The summed E-state index contributed by atoms with van der Waals surface area (Å²) >= 11 is 0. The number of aryl methyl sites for hydroxylation is 2. The van der Waals surface area contributed by atoms with Gasteiger partial charge in [-0.15, -0.1) is 0 Å². The molecule has 37 heavy (non-hydrogen) atoms. The highest BCUT2D eigenvalue weighted by atomic mass is 16.4. The number of hydrogen-bond acceptors (Lipinski definition) is 10. The van der Waals surface area contributed by atoms with Gasteiger partial charge in [0, 0.05) is 6.42 Å². The van der Waals surface area contributed by atoms with Crippen LogP contribution in [0.15, 0.2) is 30.3 Å². The van der Waals surface area contributed by atoms with E-state index in [1.165, 1.54) is 39.0 Å². The second-order valence-electron chi connectivity index (χ2n) is 9.00. The van der Waals surface area contributed by atoms with Crippen LogP contribution in [0.1, 0.15) is 55.5 Å². The van der Waals surface area contributed by atoms with E-state index in [4.69, 9.17) is 15.9 Å². The first-order valence-corrected chi connectivity index (χ1v) is 10.8. The molecule has 1 atom stereocenters. The van der Waals surface area contributed by atoms with E-state index in [0.717, 1.165) is 12.1 Å². The maximum atomic E-state index is 12.6. The number of phenolic OH excluding ortho intramolecular Hbond substituents is 6. The monoisotopic (exact) mass is 511 g/mol. The molecule has 1 aliphatic rings. The molecule has 0 saturated heterocycles. The van der Waals surface area contributed by atoms with E-state index in [1.54, 1.807) is 0 Å². The van der Waals surface area contributed by atoms with E-state index >= 15 is 0 Å². The van der Waals surface area contributed by atoms with Crippen molar-refractivity contribution in [2.24, 2.45) is 5.73 Å². The first kappa shape index (κ1) is 26.8. The number of ketones is 2. The number of aromatic hydroxyl groups is 6. The van der Waals surface area contributed by atoms with Gasteiger partial charge in [0.05, 0.1) is 22.3 Å². The largest absolute Gasteiger partial charge is 0.507 e. The Bertz CT molecular complexity index is 1400. The van der Waals surface area contributed by atoms with Crippen molar-refractivity contribution in [2.45, 2.75) is 32.7 Å². The van der Waals surface area contributed by atoms with Crippen LogP contribution in [0.2, 0.25) is 0 Å². The van der Waals surface area contributed by atoms with Gasteiger partial charge >= 0.3 is 5.97 Å². The van der Waals surface area contributed by atoms with Crippen molar-refractivity contribution in [1.82, 2.24) is 0 Å². The Hall–Kier alpha value is -4.77. The van der Waals surface area contributed by atoms with Crippen molar-refractivity contribution in [3.63, 3.8) is 0 Å². The average molecular weight is 511 g/mol. The van der Waals surface area contributed by atoms with Gasteiger partial charge < -0.3 is 41.5 Å². The van der Waals surface area contributed by atoms with Crippen molar-refractivity contribution in [3.8, 4) is 34.5 Å². The van der Waals surface area contributed by atoms with Crippen molar-refractivity contribution in [1.29, 1.82) is 0 Å². The fourth-order valence-corrected chi connectivity index (χ4v) is 3.91. The third-order valence-corrected chi connectivity index (χ3v) is 5.95. The summed E-state index contributed by atoms with van der Waals surface area (Å²) in [6, 6.07) is 6.43. The number of carbonyl (C=O) groups is 3. The van der Waals surface area contributed by atoms with Crippen LogP contribution in [0.4, 0.5) is 0 Å². The second kappa shape index (κ2) is 9.36. The molecule has 194 valence electrons. The zero-order valence-corrected chi connectivity index (χ0v) is 20.0. The number of aliphatic carboxylic acids is 1. The highest BCUT2D eigenvalue weighted by Crippen LogP contribution is 2.45. The summed E-state index contributed by atoms with van der Waals surface area (Å²) in [4.78, 5) is 35.9. The lowest BCUT2D eigenvalue weighted by Crippen LogP contribution is -2.46. The van der Waals surface area contributed by atoms with Gasteiger partial charge in [0.1, 0.15) is 28.5 Å². The molecular formula is C26H25NO10. The third-order valence-electron chi connectivity index (χ3n) is 5.95. The summed E-state index contributed by atoms with van der Waals surface area (Å²) in [6.45, 7) is 4.32. The van der Waals surface area contributed by atoms with E-state index < -0.39 is 46.1 Å². The predicted octanol–water partition coefficient (Wildman–Crippen LogP) is 2.34. The molecule has 9 N–H and O–H groups in total. The number of rotatable bonds is 3. The Morgan fingerprint density at radius 2 is 1.16 bits per heavy atom. The standard InChI is InChI=1S/C16H12O6.C10H13NO4/c1-5-3-7(17)9-11(13(5)19)15(21)10-8(18)4-6(2)14(20)12(10)16(9)22;1-10(11,9(14)15)5-6-2-3-7(12)8(13)4-6/h3-4,17-20H,1-2H3;2-4,12-13H,5,11H2,1H3,(H,14,15). The minimum Gasteiger partial charge on any atom is -0.507 e. The van der Waals surface area contributed by atoms with Gasteiger partial charge in [-0.25, -0.2) is 0 Å². The smallest absolute Gasteiger partial charge is 0.323 e. The van der Waals surface area contributed by atoms with E-state index in [-0.39, 0.29) is 51.3 Å². The van der Waals surface area contributed by atoms with Crippen LogP contribution in [0.25, 0.3) is 0 Å². The number of phenols is 6. The Kier molecular flexibility index (Phi) is 6.78. The molecule has 0 spiro atoms. The average Bonchev–Trinajstić information content (AvgIpc) is 2.79. The Balaban J connectivity index is 0.000000222. The molecular weight excluding hydrogens is 486 g/mol. The van der Waals surface area contributed by atoms with Crippen molar-refractivity contribution in [2.75, 3.05) is 0 Å². The Labute approximate surface area is 210 Å². The van der Waals surface area contributed by atoms with Crippen LogP contribution in [0.3, 0.4) is 0 Å². The first-order chi connectivity index (χ1) is 17.1. The van der Waals surface area contributed by atoms with E-state index in [1.807, 2.05) is 0 Å². The number of carboxylic acid groups (broad SMARTS) is 1. The normalized spacial score (nSPS) is 13.6. The molecule has 0 radical (unpaired) electrons. The van der Waals surface area contributed by atoms with Crippen LogP contribution < -0.4 is 5.73 Å². The lowest BCUT2D eigenvalue weighted by molar-refractivity contribution is -0.142. The predicted molar refractivity (Wildman–Crippen MR) is 130 cm³/mol. The van der Waals surface area contributed by atoms with Crippen molar-refractivity contribution in [3.05, 3.63) is 69.3 Å². The van der Waals surface area contributed by atoms with E-state index in [9.17, 15) is 39.9 Å². The lowest BCUT2D eigenvalue weighted by atomic mass is 9.80. The van der Waals surface area contributed by atoms with E-state index in [0.29, 0.717) is 5.56 Å². The molecule has 1 aliphatic carbocycles. The van der Waals surface area contributed by atoms with Gasteiger partial charge in [-0.3, -0.25) is 14.4 Å². The van der Waals surface area contributed by atoms with Gasteiger partial charge in [-0.05, 0) is 61.7 Å². The maximum absolute atomic E-state index is 12.6. The summed E-state index contributed by atoms with van der Waals surface area (Å²) in [6.07, 6.45) is 0.0795. The van der Waals surface area contributed by atoms with Crippen molar-refractivity contribution < 1.29 is 50.1 Å². The number of nitrogens with two attached hydrogens (primary N) is 1. The highest BCUT2D eigenvalue weighted by Gasteiger charge is 2.39. The quantitative estimate of drug-likeness (QED) is 0.147. The summed E-state index contributed by atoms with van der Waals surface area (Å²) in [5.41, 5.74) is 3.66. The number of fused-ring (bicyclic) bond motifs is 2. The second-order valence-corrected chi connectivity index (χ2v) is 9.00. The molecule has 11 heteroatoms. The number of carboxylic acids is 1. The zero-order chi connectivity index (χ0) is 28.0. The van der Waals surface area contributed by atoms with Crippen LogP contribution in [-0.2, 0) is 11.2 Å². The summed E-state index contributed by atoms with van der Waals surface area (Å²) in [7, 11) is 0. The molecule has 0 aromatic heterocycles. The molecule has 4 rings (SSSR count). The molecule has 0 heterocycles. The Morgan fingerprint density at radius 3 is 1.54 bits per heavy atom. The summed E-state index contributed by atoms with van der Waals surface area (Å²) in [5.74, 6) is -5.09. The fraction of sp³-hybridized carbons (Fsp3) is 0.192. The molecule has 0 aliphatic heterocycles. The van der Waals surface area contributed by atoms with Gasteiger partial charge in [-0.1, -0.05) is 6.07 Å². The molecule has 3 aromatic carbocycles. The number of carbonyl (C=O) groups excluding carboxylic acids is 2. The minimum atomic E-state index is -1.39. The molecule has 0 fully saturated rings. The molecule has 0 saturated carbocycles. The topological polar surface area (TPSA) is 219 Å². The lowest BCUT2D eigenvalue weighted by Gasteiger charge is -2.22. The van der Waals surface area contributed by atoms with Gasteiger partial charge in [0.15, 0.2) is 11.5 Å². The highest BCUT2D eigenvalue weighted by molar-refractivity contribution is 6.32. The van der Waals surface area contributed by atoms with Crippen LogP contribution in [0.5, 0.6) is 34.5 Å². The molecule has 0 bridgehead atoms. The number of hydrogen-bond donors (Lipinski definition) is 8. The first-order valence-electron chi connectivity index (χ1n) is 10.8. The molecule has 1 unspecified atom stereocenters. The van der Waals surface area contributed by atoms with Gasteiger partial charge in [-0.2, -0.15) is 0 Å². The molecule has 0 amide bonds. The van der Waals surface area contributed by atoms with Crippen LogP contribution >= 0.6 is 0 Å². The Morgan fingerprint density at radius 1 is 0.730 bits per heavy atom. The molecule has 3 aromatic rings.